The van der Waals surface area contributed by atoms with E-state index in [1.54, 1.807) is 0 Å². The smallest absolute Gasteiger partial charge is 0.0579 e. The topological polar surface area (TPSA) is 29.1 Å². The Morgan fingerprint density at radius 2 is 2.10 bits per heavy atom. The summed E-state index contributed by atoms with van der Waals surface area (Å²) in [7, 11) is -0.951. The number of nitrogens with one attached hydrogen (secondary N) is 1. The van der Waals surface area contributed by atoms with Gasteiger partial charge in [0.25, 0.3) is 0 Å². The Balaban J connectivity index is 2.21. The van der Waals surface area contributed by atoms with Gasteiger partial charge in [-0.05, 0) is 55.8 Å². The van der Waals surface area contributed by atoms with Crippen LogP contribution in [-0.2, 0) is 10.8 Å². The Kier molecular flexibility index (Phi) is 6.45. The van der Waals surface area contributed by atoms with Crippen LogP contribution < -0.4 is 5.32 Å². The molecule has 0 amide bonds. The van der Waals surface area contributed by atoms with Gasteiger partial charge in [0.2, 0.25) is 0 Å². The minimum atomic E-state index is -0.951. The predicted molar refractivity (Wildman–Crippen MR) is 94.0 cm³/mol. The van der Waals surface area contributed by atoms with Gasteiger partial charge in [0, 0.05) is 15.4 Å². The first-order chi connectivity index (χ1) is 10.0. The molecule has 0 bridgehead atoms. The van der Waals surface area contributed by atoms with Crippen LogP contribution in [0.2, 0.25) is 0 Å². The normalized spacial score (nSPS) is 31.0. The lowest BCUT2D eigenvalue weighted by Crippen LogP contribution is -2.50. The van der Waals surface area contributed by atoms with Crippen LogP contribution in [0.4, 0.5) is 0 Å². The van der Waals surface area contributed by atoms with Crippen LogP contribution in [-0.4, -0.2) is 22.0 Å². The quantitative estimate of drug-likeness (QED) is 0.832. The monoisotopic (exact) mass is 371 g/mol. The van der Waals surface area contributed by atoms with Gasteiger partial charge in [0.15, 0.2) is 0 Å². The third-order valence-corrected chi connectivity index (χ3v) is 6.82. The first kappa shape index (κ1) is 17.2. The van der Waals surface area contributed by atoms with Crippen molar-refractivity contribution in [1.29, 1.82) is 0 Å². The molecule has 4 heteroatoms. The molecule has 5 atom stereocenters. The summed E-state index contributed by atoms with van der Waals surface area (Å²) in [4.78, 5) is 0.944. The predicted octanol–water partition coefficient (Wildman–Crippen LogP) is 4.36. The molecule has 1 aromatic carbocycles. The second-order valence-electron chi connectivity index (χ2n) is 6.33. The average molecular weight is 372 g/mol. The maximum absolute atomic E-state index is 13.1. The molecule has 0 heterocycles. The number of hydrogen-bond acceptors (Lipinski definition) is 2. The van der Waals surface area contributed by atoms with Crippen molar-refractivity contribution in [3.8, 4) is 0 Å². The van der Waals surface area contributed by atoms with Crippen molar-refractivity contribution in [2.24, 2.45) is 11.8 Å². The van der Waals surface area contributed by atoms with Crippen molar-refractivity contribution in [2.75, 3.05) is 6.54 Å². The van der Waals surface area contributed by atoms with E-state index in [-0.39, 0.29) is 5.25 Å². The highest BCUT2D eigenvalue weighted by molar-refractivity contribution is 9.10. The Hall–Kier alpha value is -0.190. The van der Waals surface area contributed by atoms with Gasteiger partial charge in [-0.15, -0.1) is 0 Å². The SMILES string of the molecule is CCCNC1CC(C)CC(C)C1S(=O)c1cccc(Br)c1. The van der Waals surface area contributed by atoms with Crippen molar-refractivity contribution in [2.45, 2.75) is 56.2 Å². The van der Waals surface area contributed by atoms with E-state index in [2.05, 4.69) is 42.0 Å². The second kappa shape index (κ2) is 7.89. The number of rotatable bonds is 5. The largest absolute Gasteiger partial charge is 0.313 e. The molecule has 1 saturated carbocycles. The fourth-order valence-electron chi connectivity index (χ4n) is 3.47. The standard InChI is InChI=1S/C17H26BrNOS/c1-4-8-19-16-10-12(2)9-13(3)17(16)21(20)15-7-5-6-14(18)11-15/h5-7,11-13,16-17,19H,4,8-10H2,1-3H3. The van der Waals surface area contributed by atoms with Gasteiger partial charge in [-0.2, -0.15) is 0 Å². The molecule has 0 spiro atoms. The first-order valence-corrected chi connectivity index (χ1v) is 9.93. The van der Waals surface area contributed by atoms with Crippen molar-refractivity contribution in [3.05, 3.63) is 28.7 Å². The summed E-state index contributed by atoms with van der Waals surface area (Å²) in [6.45, 7) is 7.77. The second-order valence-corrected chi connectivity index (χ2v) is 8.86. The molecular formula is C17H26BrNOS. The van der Waals surface area contributed by atoms with Crippen LogP contribution in [0.5, 0.6) is 0 Å². The van der Waals surface area contributed by atoms with E-state index < -0.39 is 10.8 Å². The molecule has 0 aromatic heterocycles. The van der Waals surface area contributed by atoms with E-state index in [9.17, 15) is 4.21 Å². The van der Waals surface area contributed by atoms with Crippen molar-refractivity contribution in [3.63, 3.8) is 0 Å². The number of hydrogen-bond donors (Lipinski definition) is 1. The number of benzene rings is 1. The van der Waals surface area contributed by atoms with E-state index in [1.165, 1.54) is 6.42 Å². The lowest BCUT2D eigenvalue weighted by molar-refractivity contribution is 0.246. The van der Waals surface area contributed by atoms with Gasteiger partial charge in [0.1, 0.15) is 0 Å². The molecule has 5 unspecified atom stereocenters. The van der Waals surface area contributed by atoms with Gasteiger partial charge in [-0.25, -0.2) is 0 Å². The van der Waals surface area contributed by atoms with Crippen LogP contribution in [0.25, 0.3) is 0 Å². The summed E-state index contributed by atoms with van der Waals surface area (Å²) >= 11 is 3.49. The fraction of sp³-hybridized carbons (Fsp3) is 0.647. The molecule has 1 aliphatic carbocycles. The van der Waals surface area contributed by atoms with Gasteiger partial charge in [-0.1, -0.05) is 42.8 Å². The van der Waals surface area contributed by atoms with E-state index in [4.69, 9.17) is 0 Å². The summed E-state index contributed by atoms with van der Waals surface area (Å²) in [6, 6.07) is 8.31. The zero-order valence-electron chi connectivity index (χ0n) is 13.1. The molecule has 21 heavy (non-hydrogen) atoms. The van der Waals surface area contributed by atoms with Gasteiger partial charge in [-0.3, -0.25) is 4.21 Å². The highest BCUT2D eigenvalue weighted by Gasteiger charge is 2.37. The highest BCUT2D eigenvalue weighted by Crippen LogP contribution is 2.34. The van der Waals surface area contributed by atoms with Crippen LogP contribution in [0.15, 0.2) is 33.6 Å². The zero-order valence-corrected chi connectivity index (χ0v) is 15.5. The zero-order chi connectivity index (χ0) is 15.4. The minimum absolute atomic E-state index is 0.210. The van der Waals surface area contributed by atoms with Gasteiger partial charge in [0.05, 0.1) is 16.0 Å². The molecule has 0 saturated heterocycles. The Morgan fingerprint density at radius 3 is 2.76 bits per heavy atom. The van der Waals surface area contributed by atoms with Gasteiger partial charge < -0.3 is 5.32 Å². The lowest BCUT2D eigenvalue weighted by Gasteiger charge is -2.39. The van der Waals surface area contributed by atoms with E-state index in [0.717, 1.165) is 28.8 Å². The molecule has 1 N–H and O–H groups in total. The maximum atomic E-state index is 13.1. The molecule has 118 valence electrons. The molecule has 0 aliphatic heterocycles. The maximum Gasteiger partial charge on any atom is 0.0579 e. The van der Waals surface area contributed by atoms with Crippen LogP contribution in [0.3, 0.4) is 0 Å². The summed E-state index contributed by atoms with van der Waals surface area (Å²) in [6.07, 6.45) is 3.43. The number of halogens is 1. The van der Waals surface area contributed by atoms with Crippen molar-refractivity contribution < 1.29 is 4.21 Å². The van der Waals surface area contributed by atoms with E-state index in [0.29, 0.717) is 17.9 Å². The highest BCUT2D eigenvalue weighted by atomic mass is 79.9. The molecule has 2 rings (SSSR count). The molecule has 0 radical (unpaired) electrons. The lowest BCUT2D eigenvalue weighted by atomic mass is 9.80. The summed E-state index contributed by atoms with van der Waals surface area (Å²) in [5.74, 6) is 1.20. The Labute approximate surface area is 139 Å². The third-order valence-electron chi connectivity index (χ3n) is 4.32. The van der Waals surface area contributed by atoms with Crippen molar-refractivity contribution >= 4 is 26.7 Å². The Morgan fingerprint density at radius 1 is 1.33 bits per heavy atom. The minimum Gasteiger partial charge on any atom is -0.313 e. The summed E-state index contributed by atoms with van der Waals surface area (Å²) in [5, 5.41) is 3.85. The molecule has 1 aromatic rings. The molecular weight excluding hydrogens is 346 g/mol. The van der Waals surface area contributed by atoms with E-state index in [1.807, 2.05) is 24.3 Å². The molecule has 1 aliphatic rings. The molecule has 1 fully saturated rings. The van der Waals surface area contributed by atoms with Crippen LogP contribution in [0, 0.1) is 11.8 Å². The van der Waals surface area contributed by atoms with E-state index >= 15 is 0 Å². The Bertz CT molecular complexity index is 493. The average Bonchev–Trinajstić information content (AvgIpc) is 2.44. The van der Waals surface area contributed by atoms with Crippen molar-refractivity contribution in [1.82, 2.24) is 5.32 Å². The van der Waals surface area contributed by atoms with Crippen LogP contribution in [0.1, 0.15) is 40.0 Å². The summed E-state index contributed by atoms with van der Waals surface area (Å²) < 4.78 is 14.1. The van der Waals surface area contributed by atoms with Gasteiger partial charge >= 0.3 is 0 Å². The fourth-order valence-corrected chi connectivity index (χ4v) is 5.83. The van der Waals surface area contributed by atoms with Crippen LogP contribution >= 0.6 is 15.9 Å². The first-order valence-electron chi connectivity index (χ1n) is 7.92. The third kappa shape index (κ3) is 4.40. The molecule has 2 nitrogen and oxygen atoms in total. The summed E-state index contributed by atoms with van der Waals surface area (Å²) in [5.41, 5.74) is 0.